The smallest absolute Gasteiger partial charge is 0.383 e. The van der Waals surface area contributed by atoms with Crippen molar-refractivity contribution in [1.82, 2.24) is 25.0 Å². The number of anilines is 1. The maximum atomic E-state index is 12.5. The number of nitrogen functional groups attached to an aromatic ring is 1. The van der Waals surface area contributed by atoms with Crippen molar-refractivity contribution in [3.05, 3.63) is 29.6 Å². The second kappa shape index (κ2) is 3.95. The van der Waals surface area contributed by atoms with Gasteiger partial charge in [0, 0.05) is 6.20 Å². The maximum Gasteiger partial charge on any atom is 0.417 e. The summed E-state index contributed by atoms with van der Waals surface area (Å²) in [6.07, 6.45) is -3.66. The van der Waals surface area contributed by atoms with Crippen LogP contribution in [0.15, 0.2) is 18.3 Å². The van der Waals surface area contributed by atoms with Crippen molar-refractivity contribution in [2.45, 2.75) is 13.1 Å². The van der Waals surface area contributed by atoms with Crippen LogP contribution in [0.2, 0.25) is 0 Å². The van der Waals surface area contributed by atoms with E-state index in [1.165, 1.54) is 10.7 Å². The van der Waals surface area contributed by atoms with Gasteiger partial charge in [-0.15, -0.1) is 0 Å². The molecule has 0 fully saturated rings. The Bertz CT molecular complexity index is 768. The minimum atomic E-state index is -4.42. The van der Waals surface area contributed by atoms with Crippen LogP contribution in [0.25, 0.3) is 16.9 Å². The molecular formula is C11H9F3N6. The Balaban J connectivity index is 2.12. The number of aromatic amines is 1. The van der Waals surface area contributed by atoms with Crippen LogP contribution in [0.5, 0.6) is 0 Å². The third kappa shape index (κ3) is 1.78. The van der Waals surface area contributed by atoms with Gasteiger partial charge in [0.2, 0.25) is 0 Å². The number of pyridine rings is 1. The van der Waals surface area contributed by atoms with E-state index in [0.717, 1.165) is 12.3 Å². The van der Waals surface area contributed by atoms with Gasteiger partial charge < -0.3 is 5.73 Å². The Hall–Kier alpha value is -2.58. The summed E-state index contributed by atoms with van der Waals surface area (Å²) in [5, 5.41) is 11.4. The number of nitrogens with one attached hydrogen (secondary N) is 1. The molecule has 0 unspecified atom stereocenters. The summed E-state index contributed by atoms with van der Waals surface area (Å²) in [6.45, 7) is 1.73. The molecule has 0 radical (unpaired) electrons. The highest BCUT2D eigenvalue weighted by Crippen LogP contribution is 2.29. The summed E-state index contributed by atoms with van der Waals surface area (Å²) < 4.78 is 38.8. The number of alkyl halides is 3. The van der Waals surface area contributed by atoms with Crippen LogP contribution in [0.4, 0.5) is 19.0 Å². The number of aryl methyl sites for hydroxylation is 1. The van der Waals surface area contributed by atoms with Gasteiger partial charge in [-0.2, -0.15) is 28.1 Å². The summed E-state index contributed by atoms with van der Waals surface area (Å²) in [5.74, 6) is 0.596. The van der Waals surface area contributed by atoms with Crippen LogP contribution in [-0.4, -0.2) is 25.0 Å². The molecule has 0 aliphatic heterocycles. The van der Waals surface area contributed by atoms with E-state index in [0.29, 0.717) is 22.5 Å². The Labute approximate surface area is 110 Å². The molecule has 0 spiro atoms. The summed E-state index contributed by atoms with van der Waals surface area (Å²) in [5.41, 5.74) is 5.93. The predicted octanol–water partition coefficient (Wildman–Crippen LogP) is 2.05. The van der Waals surface area contributed by atoms with Crippen molar-refractivity contribution in [3.63, 3.8) is 0 Å². The minimum Gasteiger partial charge on any atom is -0.383 e. The number of halogens is 3. The summed E-state index contributed by atoms with van der Waals surface area (Å²) in [7, 11) is 0. The Morgan fingerprint density at radius 2 is 2.05 bits per heavy atom. The Morgan fingerprint density at radius 3 is 2.65 bits per heavy atom. The fourth-order valence-corrected chi connectivity index (χ4v) is 1.94. The third-order valence-electron chi connectivity index (χ3n) is 2.88. The van der Waals surface area contributed by atoms with Gasteiger partial charge in [0.1, 0.15) is 5.82 Å². The highest BCUT2D eigenvalue weighted by Gasteiger charge is 2.30. The van der Waals surface area contributed by atoms with Gasteiger partial charge in [-0.1, -0.05) is 0 Å². The van der Waals surface area contributed by atoms with Crippen molar-refractivity contribution in [1.29, 1.82) is 0 Å². The van der Waals surface area contributed by atoms with Crippen LogP contribution < -0.4 is 5.73 Å². The molecule has 0 aliphatic carbocycles. The van der Waals surface area contributed by atoms with Crippen molar-refractivity contribution in [2.24, 2.45) is 0 Å². The molecule has 0 atom stereocenters. The number of H-pyrrole nitrogens is 1. The van der Waals surface area contributed by atoms with Gasteiger partial charge in [0.15, 0.2) is 11.5 Å². The molecule has 0 aliphatic rings. The molecule has 3 rings (SSSR count). The fourth-order valence-electron chi connectivity index (χ4n) is 1.94. The topological polar surface area (TPSA) is 85.4 Å². The summed E-state index contributed by atoms with van der Waals surface area (Å²) >= 11 is 0. The molecule has 3 N–H and O–H groups in total. The van der Waals surface area contributed by atoms with Crippen molar-refractivity contribution in [3.8, 4) is 5.82 Å². The molecule has 9 heteroatoms. The first-order valence-corrected chi connectivity index (χ1v) is 5.60. The Morgan fingerprint density at radius 1 is 1.30 bits per heavy atom. The number of hydrogen-bond acceptors (Lipinski definition) is 4. The summed E-state index contributed by atoms with van der Waals surface area (Å²) in [6, 6.07) is 2.18. The van der Waals surface area contributed by atoms with Crippen molar-refractivity contribution < 1.29 is 13.2 Å². The standard InChI is InChI=1S/C11H9F3N6/c1-5-8-9(15)17-18-10(8)20(19-5)7-3-2-6(4-16-7)11(12,13)14/h2-4H,1H3,(H3,15,17,18). The van der Waals surface area contributed by atoms with E-state index >= 15 is 0 Å². The SMILES string of the molecule is Cc1nn(-c2ccc(C(F)(F)F)cn2)c2n[nH]c(N)c12. The zero-order chi connectivity index (χ0) is 14.5. The molecular weight excluding hydrogens is 273 g/mol. The van der Waals surface area contributed by atoms with E-state index in [1.54, 1.807) is 6.92 Å². The highest BCUT2D eigenvalue weighted by atomic mass is 19.4. The average molecular weight is 282 g/mol. The van der Waals surface area contributed by atoms with Crippen LogP contribution in [0.1, 0.15) is 11.3 Å². The molecule has 3 aromatic heterocycles. The number of hydrogen-bond donors (Lipinski definition) is 2. The molecule has 0 bridgehead atoms. The van der Waals surface area contributed by atoms with E-state index < -0.39 is 11.7 Å². The number of aromatic nitrogens is 5. The summed E-state index contributed by atoms with van der Waals surface area (Å²) in [4.78, 5) is 3.77. The largest absolute Gasteiger partial charge is 0.417 e. The molecule has 3 aromatic rings. The molecule has 0 saturated heterocycles. The molecule has 104 valence electrons. The first kappa shape index (κ1) is 12.5. The minimum absolute atomic E-state index is 0.239. The fraction of sp³-hybridized carbons (Fsp3) is 0.182. The van der Waals surface area contributed by atoms with Crippen LogP contribution in [-0.2, 0) is 6.18 Å². The second-order valence-electron chi connectivity index (χ2n) is 4.24. The average Bonchev–Trinajstić information content (AvgIpc) is 2.91. The number of rotatable bonds is 1. The molecule has 0 saturated carbocycles. The van der Waals surface area contributed by atoms with Crippen LogP contribution >= 0.6 is 0 Å². The third-order valence-corrected chi connectivity index (χ3v) is 2.88. The normalized spacial score (nSPS) is 12.2. The molecule has 0 amide bonds. The molecule has 6 nitrogen and oxygen atoms in total. The van der Waals surface area contributed by atoms with Gasteiger partial charge in [-0.05, 0) is 19.1 Å². The number of nitrogens with zero attached hydrogens (tertiary/aromatic N) is 4. The van der Waals surface area contributed by atoms with E-state index in [2.05, 4.69) is 20.3 Å². The van der Waals surface area contributed by atoms with E-state index in [1.807, 2.05) is 0 Å². The number of fused-ring (bicyclic) bond motifs is 1. The van der Waals surface area contributed by atoms with Crippen molar-refractivity contribution in [2.75, 3.05) is 5.73 Å². The second-order valence-corrected chi connectivity index (χ2v) is 4.24. The lowest BCUT2D eigenvalue weighted by molar-refractivity contribution is -0.137. The van der Waals surface area contributed by atoms with E-state index in [4.69, 9.17) is 5.73 Å². The van der Waals surface area contributed by atoms with Gasteiger partial charge in [-0.25, -0.2) is 4.98 Å². The van der Waals surface area contributed by atoms with Gasteiger partial charge in [0.25, 0.3) is 0 Å². The lowest BCUT2D eigenvalue weighted by Crippen LogP contribution is -2.07. The number of nitrogens with two attached hydrogens (primary N) is 1. The quantitative estimate of drug-likeness (QED) is 0.715. The zero-order valence-corrected chi connectivity index (χ0v) is 10.2. The molecule has 3 heterocycles. The van der Waals surface area contributed by atoms with E-state index in [-0.39, 0.29) is 5.82 Å². The van der Waals surface area contributed by atoms with E-state index in [9.17, 15) is 13.2 Å². The van der Waals surface area contributed by atoms with Gasteiger partial charge in [-0.3, -0.25) is 5.10 Å². The van der Waals surface area contributed by atoms with Crippen LogP contribution in [0, 0.1) is 6.92 Å². The maximum absolute atomic E-state index is 12.5. The Kier molecular flexibility index (Phi) is 2.46. The molecule has 0 aromatic carbocycles. The zero-order valence-electron chi connectivity index (χ0n) is 10.2. The van der Waals surface area contributed by atoms with Gasteiger partial charge in [0.05, 0.1) is 16.6 Å². The van der Waals surface area contributed by atoms with Crippen molar-refractivity contribution >= 4 is 16.9 Å². The highest BCUT2D eigenvalue weighted by molar-refractivity contribution is 5.89. The molecule has 20 heavy (non-hydrogen) atoms. The first-order valence-electron chi connectivity index (χ1n) is 5.60. The van der Waals surface area contributed by atoms with Gasteiger partial charge >= 0.3 is 6.18 Å². The lowest BCUT2D eigenvalue weighted by Gasteiger charge is -2.06. The first-order chi connectivity index (χ1) is 9.38. The lowest BCUT2D eigenvalue weighted by atomic mass is 10.3. The predicted molar refractivity (Wildman–Crippen MR) is 65.2 cm³/mol. The van der Waals surface area contributed by atoms with Crippen LogP contribution in [0.3, 0.4) is 0 Å². The monoisotopic (exact) mass is 282 g/mol.